The fourth-order valence-corrected chi connectivity index (χ4v) is 2.70. The van der Waals surface area contributed by atoms with Gasteiger partial charge in [0.1, 0.15) is 0 Å². The van der Waals surface area contributed by atoms with Crippen LogP contribution in [0, 0.1) is 0 Å². The monoisotopic (exact) mass is 500 g/mol. The summed E-state index contributed by atoms with van der Waals surface area (Å²) in [5, 5.41) is -8.89. The summed E-state index contributed by atoms with van der Waals surface area (Å²) in [5.74, 6) is -26.3. The third kappa shape index (κ3) is 3.26. The number of halogens is 17. The Hall–Kier alpha value is -1.28. The van der Waals surface area contributed by atoms with Crippen molar-refractivity contribution in [1.82, 2.24) is 0 Å². The summed E-state index contributed by atoms with van der Waals surface area (Å²) in [4.78, 5) is 0. The highest BCUT2D eigenvalue weighted by molar-refractivity contribution is 7.87. The van der Waals surface area contributed by atoms with Gasteiger partial charge in [-0.05, 0) is 0 Å². The molecule has 29 heavy (non-hydrogen) atoms. The molecule has 0 amide bonds. The molecule has 0 aliphatic carbocycles. The van der Waals surface area contributed by atoms with Gasteiger partial charge in [0.25, 0.3) is 0 Å². The Kier molecular flexibility index (Phi) is 6.08. The molecule has 3 nitrogen and oxygen atoms in total. The van der Waals surface area contributed by atoms with Crippen LogP contribution < -0.4 is 0 Å². The van der Waals surface area contributed by atoms with Crippen LogP contribution in [0.25, 0.3) is 0 Å². The van der Waals surface area contributed by atoms with Crippen LogP contribution in [0.4, 0.5) is 74.6 Å². The molecule has 1 atom stereocenters. The summed E-state index contributed by atoms with van der Waals surface area (Å²) in [6.07, 6.45) is -24.7. The Morgan fingerprint density at radius 1 is 0.448 bits per heavy atom. The number of hydrogen-bond acceptors (Lipinski definition) is 2. The fraction of sp³-hybridized carbons (Fsp3) is 1.00. The lowest BCUT2D eigenvalue weighted by Crippen LogP contribution is -2.80. The molecular weight excluding hydrogens is 499 g/mol. The van der Waals surface area contributed by atoms with Gasteiger partial charge < -0.3 is 0 Å². The van der Waals surface area contributed by atoms with E-state index < -0.39 is 57.1 Å². The van der Waals surface area contributed by atoms with Crippen LogP contribution in [-0.4, -0.2) is 59.9 Å². The summed E-state index contributed by atoms with van der Waals surface area (Å²) >= 11 is 0. The molecule has 0 fully saturated rings. The largest absolute Gasteiger partial charge is 0.460 e. The molecule has 0 aliphatic heterocycles. The van der Waals surface area contributed by atoms with Crippen molar-refractivity contribution in [3.63, 3.8) is 0 Å². The third-order valence-corrected chi connectivity index (χ3v) is 4.38. The van der Waals surface area contributed by atoms with E-state index in [2.05, 4.69) is 0 Å². The Labute approximate surface area is 146 Å². The van der Waals surface area contributed by atoms with Crippen molar-refractivity contribution in [2.45, 2.75) is 47.0 Å². The van der Waals surface area contributed by atoms with Crippen molar-refractivity contribution in [2.75, 3.05) is 0 Å². The van der Waals surface area contributed by atoms with Crippen molar-refractivity contribution < 1.29 is 87.6 Å². The van der Waals surface area contributed by atoms with Crippen LogP contribution in [0.2, 0.25) is 0 Å². The number of hydrogen-bond donors (Lipinski definition) is 1. The lowest BCUT2D eigenvalue weighted by Gasteiger charge is -2.45. The molecule has 0 saturated heterocycles. The van der Waals surface area contributed by atoms with Gasteiger partial charge in [0, 0.05) is 0 Å². The van der Waals surface area contributed by atoms with Crippen molar-refractivity contribution in [1.29, 1.82) is 0 Å². The van der Waals surface area contributed by atoms with Gasteiger partial charge >= 0.3 is 57.1 Å². The Bertz CT molecular complexity index is 713. The Balaban J connectivity index is 7.66. The third-order valence-electron chi connectivity index (χ3n) is 3.13. The van der Waals surface area contributed by atoms with Crippen molar-refractivity contribution in [2.24, 2.45) is 0 Å². The zero-order chi connectivity index (χ0) is 24.5. The predicted octanol–water partition coefficient (Wildman–Crippen LogP) is 4.84. The molecule has 0 rings (SSSR count). The molecule has 0 bridgehead atoms. The molecule has 0 radical (unpaired) electrons. The first kappa shape index (κ1) is 27.7. The summed E-state index contributed by atoms with van der Waals surface area (Å²) in [7, 11) is -8.85. The first-order chi connectivity index (χ1) is 12.0. The van der Waals surface area contributed by atoms with E-state index in [4.69, 9.17) is 4.55 Å². The van der Waals surface area contributed by atoms with E-state index >= 15 is 0 Å². The maximum atomic E-state index is 13.9. The van der Waals surface area contributed by atoms with E-state index in [0.717, 1.165) is 0 Å². The summed E-state index contributed by atoms with van der Waals surface area (Å²) in [6.45, 7) is 0. The SMILES string of the molecule is O=S(=O)(O)C(F)(C(F)(F)C(F)(F)C(F)(F)C(F)(F)F)C(F)(C(F)(F)F)C(F)(F)F. The van der Waals surface area contributed by atoms with Crippen LogP contribution in [-0.2, 0) is 10.1 Å². The second-order valence-electron chi connectivity index (χ2n) is 4.95. The highest BCUT2D eigenvalue weighted by atomic mass is 32.2. The molecule has 1 N–H and O–H groups in total. The first-order valence-electron chi connectivity index (χ1n) is 5.68. The topological polar surface area (TPSA) is 54.4 Å². The Morgan fingerprint density at radius 3 is 0.897 bits per heavy atom. The van der Waals surface area contributed by atoms with Gasteiger partial charge in [-0.25, -0.2) is 8.78 Å². The van der Waals surface area contributed by atoms with Gasteiger partial charge in [-0.3, -0.25) is 4.55 Å². The van der Waals surface area contributed by atoms with Gasteiger partial charge in [0.2, 0.25) is 0 Å². The number of alkyl halides is 17. The van der Waals surface area contributed by atoms with Crippen molar-refractivity contribution >= 4 is 10.1 Å². The van der Waals surface area contributed by atoms with E-state index in [9.17, 15) is 83.1 Å². The predicted molar refractivity (Wildman–Crippen MR) is 52.2 cm³/mol. The van der Waals surface area contributed by atoms with E-state index in [0.29, 0.717) is 0 Å². The second kappa shape index (κ2) is 6.36. The zero-order valence-corrected chi connectivity index (χ0v) is 12.9. The summed E-state index contributed by atoms with van der Waals surface area (Å²) < 4.78 is 245. The quantitative estimate of drug-likeness (QED) is 0.435. The van der Waals surface area contributed by atoms with E-state index in [1.807, 2.05) is 0 Å². The minimum Gasteiger partial charge on any atom is -0.283 e. The smallest absolute Gasteiger partial charge is 0.283 e. The first-order valence-corrected chi connectivity index (χ1v) is 7.12. The standard InChI is InChI=1S/C8HF17O3S/c9-1(6(17,18)19,7(20,21)22)5(16,29(26,27)28)3(12,13)2(10,11)4(14,15)8(23,24)25/h(H,26,27,28). The Morgan fingerprint density at radius 2 is 0.724 bits per heavy atom. The fourth-order valence-electron chi connectivity index (χ4n) is 1.66. The maximum absolute atomic E-state index is 13.9. The van der Waals surface area contributed by atoms with E-state index in [1.54, 1.807) is 0 Å². The average Bonchev–Trinajstić information content (AvgIpc) is 2.39. The molecule has 0 spiro atoms. The van der Waals surface area contributed by atoms with Gasteiger partial charge in [-0.2, -0.15) is 74.3 Å². The van der Waals surface area contributed by atoms with Crippen LogP contribution >= 0.6 is 0 Å². The summed E-state index contributed by atoms with van der Waals surface area (Å²) in [5.41, 5.74) is -8.84. The maximum Gasteiger partial charge on any atom is 0.460 e. The molecular formula is C8HF17O3S. The summed E-state index contributed by atoms with van der Waals surface area (Å²) in [6, 6.07) is 0. The molecule has 0 aromatic heterocycles. The van der Waals surface area contributed by atoms with Crippen LogP contribution in [0.5, 0.6) is 0 Å². The molecule has 0 aliphatic rings. The molecule has 176 valence electrons. The van der Waals surface area contributed by atoms with Gasteiger partial charge in [-0.1, -0.05) is 0 Å². The molecule has 0 saturated carbocycles. The van der Waals surface area contributed by atoms with Crippen molar-refractivity contribution in [3.05, 3.63) is 0 Å². The second-order valence-corrected chi connectivity index (χ2v) is 6.46. The van der Waals surface area contributed by atoms with E-state index in [1.165, 1.54) is 0 Å². The van der Waals surface area contributed by atoms with E-state index in [-0.39, 0.29) is 0 Å². The normalized spacial score (nSPS) is 18.6. The molecule has 0 heterocycles. The molecule has 21 heteroatoms. The number of rotatable bonds is 5. The molecule has 0 aromatic carbocycles. The molecule has 1 unspecified atom stereocenters. The van der Waals surface area contributed by atoms with Crippen LogP contribution in [0.15, 0.2) is 0 Å². The van der Waals surface area contributed by atoms with Gasteiger partial charge in [-0.15, -0.1) is 0 Å². The average molecular weight is 500 g/mol. The van der Waals surface area contributed by atoms with Crippen LogP contribution in [0.1, 0.15) is 0 Å². The highest BCUT2D eigenvalue weighted by Crippen LogP contribution is 2.66. The molecule has 0 aromatic rings. The lowest BCUT2D eigenvalue weighted by atomic mass is 9.87. The van der Waals surface area contributed by atoms with Crippen molar-refractivity contribution in [3.8, 4) is 0 Å². The highest BCUT2D eigenvalue weighted by Gasteiger charge is 2.99. The zero-order valence-electron chi connectivity index (χ0n) is 12.1. The minimum absolute atomic E-state index is 7.98. The van der Waals surface area contributed by atoms with Gasteiger partial charge in [0.05, 0.1) is 0 Å². The van der Waals surface area contributed by atoms with Gasteiger partial charge in [0.15, 0.2) is 0 Å². The minimum atomic E-state index is -9.05. The van der Waals surface area contributed by atoms with Crippen LogP contribution in [0.3, 0.4) is 0 Å². The lowest BCUT2D eigenvalue weighted by molar-refractivity contribution is -0.436.